The van der Waals surface area contributed by atoms with Crippen LogP contribution in [-0.4, -0.2) is 11.2 Å². The predicted octanol–water partition coefficient (Wildman–Crippen LogP) is 2.54. The van der Waals surface area contributed by atoms with E-state index < -0.39 is 17.7 Å². The van der Waals surface area contributed by atoms with Crippen molar-refractivity contribution in [2.75, 3.05) is 5.33 Å². The lowest BCUT2D eigenvalue weighted by Crippen LogP contribution is -2.28. The van der Waals surface area contributed by atoms with Crippen molar-refractivity contribution in [1.82, 2.24) is 5.32 Å². The molecule has 1 aromatic rings. The zero-order valence-electron chi connectivity index (χ0n) is 8.06. The third kappa shape index (κ3) is 2.99. The van der Waals surface area contributed by atoms with Gasteiger partial charge in [0.1, 0.15) is 11.6 Å². The molecule has 1 unspecified atom stereocenters. The largest absolute Gasteiger partial charge is 0.349 e. The van der Waals surface area contributed by atoms with E-state index in [1.165, 1.54) is 13.0 Å². The number of carbonyl (C=O) groups is 1. The number of halogens is 3. The Kier molecular flexibility index (Phi) is 4.20. The van der Waals surface area contributed by atoms with E-state index in [-0.39, 0.29) is 16.8 Å². The van der Waals surface area contributed by atoms with Crippen molar-refractivity contribution in [3.63, 3.8) is 0 Å². The van der Waals surface area contributed by atoms with Gasteiger partial charge in [0.05, 0.1) is 11.4 Å². The van der Waals surface area contributed by atoms with Gasteiger partial charge < -0.3 is 5.32 Å². The van der Waals surface area contributed by atoms with E-state index in [4.69, 9.17) is 0 Å². The molecule has 0 bridgehead atoms. The van der Waals surface area contributed by atoms with E-state index in [9.17, 15) is 13.6 Å². The van der Waals surface area contributed by atoms with Crippen molar-refractivity contribution < 1.29 is 13.6 Å². The van der Waals surface area contributed by atoms with Crippen molar-refractivity contribution in [2.45, 2.75) is 13.0 Å². The van der Waals surface area contributed by atoms with Gasteiger partial charge in [-0.05, 0) is 19.1 Å². The Morgan fingerprint density at radius 1 is 1.47 bits per heavy atom. The minimum atomic E-state index is -0.684. The van der Waals surface area contributed by atoms with Crippen LogP contribution in [0.15, 0.2) is 18.2 Å². The summed E-state index contributed by atoms with van der Waals surface area (Å²) in [5, 5.41) is 2.57. The highest BCUT2D eigenvalue weighted by Crippen LogP contribution is 2.19. The second-order valence-electron chi connectivity index (χ2n) is 3.06. The fraction of sp³-hybridized carbons (Fsp3) is 0.300. The van der Waals surface area contributed by atoms with Crippen LogP contribution in [-0.2, 0) is 4.79 Å². The van der Waals surface area contributed by atoms with Gasteiger partial charge in [-0.1, -0.05) is 22.0 Å². The molecule has 0 saturated heterocycles. The Bertz CT molecular complexity index is 350. The average Bonchev–Trinajstić information content (AvgIpc) is 2.17. The highest BCUT2D eigenvalue weighted by Gasteiger charge is 2.16. The van der Waals surface area contributed by atoms with E-state index >= 15 is 0 Å². The Morgan fingerprint density at radius 3 is 2.47 bits per heavy atom. The first-order valence-electron chi connectivity index (χ1n) is 4.35. The number of carbonyl (C=O) groups excluding carboxylic acids is 1. The molecular formula is C10H10BrF2NO. The van der Waals surface area contributed by atoms with E-state index in [2.05, 4.69) is 21.2 Å². The third-order valence-corrected chi connectivity index (χ3v) is 2.44. The van der Waals surface area contributed by atoms with Crippen LogP contribution in [0.3, 0.4) is 0 Å². The summed E-state index contributed by atoms with van der Waals surface area (Å²) in [6.45, 7) is 1.53. The molecule has 0 aliphatic heterocycles. The van der Waals surface area contributed by atoms with Gasteiger partial charge in [0.15, 0.2) is 0 Å². The quantitative estimate of drug-likeness (QED) is 0.846. The Morgan fingerprint density at radius 2 is 2.00 bits per heavy atom. The van der Waals surface area contributed by atoms with Crippen LogP contribution in [0.5, 0.6) is 0 Å². The van der Waals surface area contributed by atoms with Crippen LogP contribution in [0.1, 0.15) is 18.5 Å². The molecule has 0 heterocycles. The molecule has 15 heavy (non-hydrogen) atoms. The van der Waals surface area contributed by atoms with Crippen LogP contribution in [0, 0.1) is 11.6 Å². The molecule has 0 aliphatic rings. The van der Waals surface area contributed by atoms with Gasteiger partial charge >= 0.3 is 0 Å². The Labute approximate surface area is 94.8 Å². The highest BCUT2D eigenvalue weighted by molar-refractivity contribution is 9.09. The SMILES string of the molecule is CC(NC(=O)CBr)c1c(F)cccc1F. The first kappa shape index (κ1) is 12.1. The van der Waals surface area contributed by atoms with Gasteiger partial charge in [-0.25, -0.2) is 8.78 Å². The lowest BCUT2D eigenvalue weighted by atomic mass is 10.1. The van der Waals surface area contributed by atoms with Gasteiger partial charge in [-0.2, -0.15) is 0 Å². The van der Waals surface area contributed by atoms with Crippen LogP contribution in [0.2, 0.25) is 0 Å². The third-order valence-electron chi connectivity index (χ3n) is 1.93. The van der Waals surface area contributed by atoms with Crippen molar-refractivity contribution in [3.05, 3.63) is 35.4 Å². The molecule has 2 nitrogen and oxygen atoms in total. The fourth-order valence-electron chi connectivity index (χ4n) is 1.28. The molecule has 82 valence electrons. The molecule has 0 saturated carbocycles. The number of hydrogen-bond donors (Lipinski definition) is 1. The molecule has 0 radical (unpaired) electrons. The summed E-state index contributed by atoms with van der Waals surface area (Å²) < 4.78 is 26.5. The van der Waals surface area contributed by atoms with Gasteiger partial charge in [-0.15, -0.1) is 0 Å². The fourth-order valence-corrected chi connectivity index (χ4v) is 1.44. The molecule has 1 rings (SSSR count). The van der Waals surface area contributed by atoms with Gasteiger partial charge in [-0.3, -0.25) is 4.79 Å². The van der Waals surface area contributed by atoms with Crippen LogP contribution in [0.25, 0.3) is 0 Å². The number of benzene rings is 1. The number of amides is 1. The molecule has 1 amide bonds. The number of alkyl halides is 1. The van der Waals surface area contributed by atoms with E-state index in [1.54, 1.807) is 0 Å². The van der Waals surface area contributed by atoms with Gasteiger partial charge in [0.25, 0.3) is 0 Å². The first-order valence-corrected chi connectivity index (χ1v) is 5.47. The molecule has 0 fully saturated rings. The number of hydrogen-bond acceptors (Lipinski definition) is 1. The zero-order valence-corrected chi connectivity index (χ0v) is 9.64. The maximum absolute atomic E-state index is 13.3. The van der Waals surface area contributed by atoms with E-state index in [0.29, 0.717) is 0 Å². The second-order valence-corrected chi connectivity index (χ2v) is 3.62. The minimum absolute atomic E-state index is 0.105. The summed E-state index contributed by atoms with van der Waals surface area (Å²) in [4.78, 5) is 11.0. The standard InChI is InChI=1S/C10H10BrF2NO/c1-6(14-9(15)5-11)10-7(12)3-2-4-8(10)13/h2-4,6H,5H2,1H3,(H,14,15). The molecule has 5 heteroatoms. The average molecular weight is 278 g/mol. The molecule has 1 aromatic carbocycles. The normalized spacial score (nSPS) is 12.3. The lowest BCUT2D eigenvalue weighted by Gasteiger charge is -2.14. The maximum Gasteiger partial charge on any atom is 0.231 e. The van der Waals surface area contributed by atoms with Gasteiger partial charge in [0.2, 0.25) is 5.91 Å². The number of nitrogens with one attached hydrogen (secondary N) is 1. The van der Waals surface area contributed by atoms with Crippen molar-refractivity contribution in [2.24, 2.45) is 0 Å². The monoisotopic (exact) mass is 277 g/mol. The van der Waals surface area contributed by atoms with E-state index in [1.807, 2.05) is 0 Å². The number of rotatable bonds is 3. The van der Waals surface area contributed by atoms with Gasteiger partial charge in [0, 0.05) is 5.56 Å². The summed E-state index contributed by atoms with van der Waals surface area (Å²) >= 11 is 2.95. The molecule has 0 aliphatic carbocycles. The molecule has 0 spiro atoms. The van der Waals surface area contributed by atoms with Crippen LogP contribution < -0.4 is 5.32 Å². The summed E-state index contributed by atoms with van der Waals surface area (Å²) in [7, 11) is 0. The zero-order chi connectivity index (χ0) is 11.4. The Balaban J connectivity index is 2.90. The molecular weight excluding hydrogens is 268 g/mol. The summed E-state index contributed by atoms with van der Waals surface area (Å²) in [5.74, 6) is -1.63. The van der Waals surface area contributed by atoms with Crippen molar-refractivity contribution in [1.29, 1.82) is 0 Å². The topological polar surface area (TPSA) is 29.1 Å². The molecule has 1 atom stereocenters. The summed E-state index contributed by atoms with van der Waals surface area (Å²) in [6, 6.07) is 2.92. The summed E-state index contributed by atoms with van der Waals surface area (Å²) in [5.41, 5.74) is -0.119. The summed E-state index contributed by atoms with van der Waals surface area (Å²) in [6.07, 6.45) is 0. The minimum Gasteiger partial charge on any atom is -0.349 e. The van der Waals surface area contributed by atoms with Crippen molar-refractivity contribution in [3.8, 4) is 0 Å². The van der Waals surface area contributed by atoms with E-state index in [0.717, 1.165) is 12.1 Å². The van der Waals surface area contributed by atoms with Crippen molar-refractivity contribution >= 4 is 21.8 Å². The van der Waals surface area contributed by atoms with Crippen LogP contribution >= 0.6 is 15.9 Å². The van der Waals surface area contributed by atoms with Crippen LogP contribution in [0.4, 0.5) is 8.78 Å². The smallest absolute Gasteiger partial charge is 0.231 e. The highest BCUT2D eigenvalue weighted by atomic mass is 79.9. The first-order chi connectivity index (χ1) is 7.06. The predicted molar refractivity (Wildman–Crippen MR) is 56.7 cm³/mol. The molecule has 0 aromatic heterocycles. The Hall–Kier alpha value is -0.970. The maximum atomic E-state index is 13.3. The second kappa shape index (κ2) is 5.21. The molecule has 1 N–H and O–H groups in total. The lowest BCUT2D eigenvalue weighted by molar-refractivity contribution is -0.119.